The van der Waals surface area contributed by atoms with Crippen molar-refractivity contribution in [3.63, 3.8) is 0 Å². The van der Waals surface area contributed by atoms with Crippen LogP contribution in [0.4, 0.5) is 0 Å². The van der Waals surface area contributed by atoms with E-state index < -0.39 is 0 Å². The molecule has 0 saturated heterocycles. The average molecular weight is 1020 g/mol. The van der Waals surface area contributed by atoms with Gasteiger partial charge in [0.15, 0.2) is 17.5 Å². The van der Waals surface area contributed by atoms with Crippen LogP contribution in [0.1, 0.15) is 0 Å². The van der Waals surface area contributed by atoms with Crippen molar-refractivity contribution < 1.29 is 0 Å². The number of benzene rings is 12. The first-order chi connectivity index (χ1) is 39.6. The molecule has 0 spiro atoms. The van der Waals surface area contributed by atoms with Gasteiger partial charge >= 0.3 is 0 Å². The molecule has 0 aliphatic carbocycles. The van der Waals surface area contributed by atoms with Crippen LogP contribution in [0.25, 0.3) is 145 Å². The van der Waals surface area contributed by atoms with Gasteiger partial charge in [0, 0.05) is 49.6 Å². The van der Waals surface area contributed by atoms with Crippen molar-refractivity contribution in [2.24, 2.45) is 0 Å². The van der Waals surface area contributed by atoms with E-state index in [1.807, 2.05) is 12.1 Å². The fourth-order valence-corrected chi connectivity index (χ4v) is 11.7. The molecule has 0 saturated carbocycles. The Morgan fingerprint density at radius 2 is 0.450 bits per heavy atom. The van der Waals surface area contributed by atoms with Gasteiger partial charge in [-0.1, -0.05) is 200 Å². The highest BCUT2D eigenvalue weighted by Gasteiger charge is 2.19. The van der Waals surface area contributed by atoms with Crippen molar-refractivity contribution in [1.29, 1.82) is 0 Å². The van der Waals surface area contributed by atoms with E-state index in [1.54, 1.807) is 0 Å². The molecule has 3 aromatic heterocycles. The van der Waals surface area contributed by atoms with Crippen LogP contribution in [0.5, 0.6) is 0 Å². The minimum absolute atomic E-state index is 0.596. The van der Waals surface area contributed by atoms with Gasteiger partial charge in [0.05, 0.1) is 22.1 Å². The Kier molecular flexibility index (Phi) is 11.4. The largest absolute Gasteiger partial charge is 0.309 e. The number of aromatic nitrogens is 5. The Hall–Kier alpha value is -10.8. The Morgan fingerprint density at radius 3 is 0.838 bits per heavy atom. The summed E-state index contributed by atoms with van der Waals surface area (Å²) in [6, 6.07) is 106. The molecule has 3 heterocycles. The second-order valence-corrected chi connectivity index (χ2v) is 20.4. The minimum Gasteiger partial charge on any atom is -0.309 e. The summed E-state index contributed by atoms with van der Waals surface area (Å²) in [5.74, 6) is 1.81. The van der Waals surface area contributed by atoms with Crippen LogP contribution in [-0.2, 0) is 0 Å². The third-order valence-electron chi connectivity index (χ3n) is 15.5. The Morgan fingerprint density at radius 1 is 0.175 bits per heavy atom. The van der Waals surface area contributed by atoms with Gasteiger partial charge in [0.25, 0.3) is 0 Å². The molecule has 0 bridgehead atoms. The maximum Gasteiger partial charge on any atom is 0.164 e. The zero-order valence-electron chi connectivity index (χ0n) is 43.5. The van der Waals surface area contributed by atoms with Crippen LogP contribution in [0.15, 0.2) is 297 Å². The topological polar surface area (TPSA) is 48.5 Å². The Balaban J connectivity index is 0.908. The molecule has 0 amide bonds. The highest BCUT2D eigenvalue weighted by Crippen LogP contribution is 2.41. The lowest BCUT2D eigenvalue weighted by Gasteiger charge is -2.14. The maximum absolute atomic E-state index is 5.31. The van der Waals surface area contributed by atoms with Crippen LogP contribution in [0, 0.1) is 0 Å². The maximum atomic E-state index is 5.31. The zero-order chi connectivity index (χ0) is 52.9. The molecule has 12 aromatic carbocycles. The summed E-state index contributed by atoms with van der Waals surface area (Å²) in [5.41, 5.74) is 20.8. The monoisotopic (exact) mass is 1020 g/mol. The Bertz CT molecular complexity index is 4530. The molecule has 5 heteroatoms. The lowest BCUT2D eigenvalue weighted by atomic mass is 9.92. The van der Waals surface area contributed by atoms with Crippen LogP contribution in [0.3, 0.4) is 0 Å². The van der Waals surface area contributed by atoms with Crippen molar-refractivity contribution in [2.45, 2.75) is 0 Å². The third-order valence-corrected chi connectivity index (χ3v) is 15.5. The molecule has 5 nitrogen and oxygen atoms in total. The molecule has 0 unspecified atom stereocenters. The molecular weight excluding hydrogens is 971 g/mol. The molecule has 0 atom stereocenters. The fraction of sp³-hybridized carbons (Fsp3) is 0. The van der Waals surface area contributed by atoms with Gasteiger partial charge in [0.1, 0.15) is 0 Å². The van der Waals surface area contributed by atoms with Gasteiger partial charge in [-0.15, -0.1) is 0 Å². The van der Waals surface area contributed by atoms with Crippen LogP contribution in [-0.4, -0.2) is 24.1 Å². The van der Waals surface area contributed by atoms with E-state index in [0.717, 1.165) is 83.7 Å². The quantitative estimate of drug-likeness (QED) is 0.137. The minimum atomic E-state index is 0.596. The summed E-state index contributed by atoms with van der Waals surface area (Å²) >= 11 is 0. The molecule has 15 rings (SSSR count). The summed E-state index contributed by atoms with van der Waals surface area (Å²) in [7, 11) is 0. The van der Waals surface area contributed by atoms with E-state index >= 15 is 0 Å². The number of hydrogen-bond donors (Lipinski definition) is 0. The normalized spacial score (nSPS) is 11.5. The van der Waals surface area contributed by atoms with E-state index in [1.165, 1.54) is 43.6 Å². The average Bonchev–Trinajstić information content (AvgIpc) is 4.22. The molecular formula is C75H49N5. The first-order valence-electron chi connectivity index (χ1n) is 27.2. The number of hydrogen-bond acceptors (Lipinski definition) is 3. The molecule has 80 heavy (non-hydrogen) atoms. The second kappa shape index (κ2) is 19.7. The number of nitrogens with zero attached hydrogens (tertiary/aromatic N) is 5. The molecule has 0 aliphatic rings. The molecule has 374 valence electrons. The molecule has 0 N–H and O–H groups in total. The van der Waals surface area contributed by atoms with Gasteiger partial charge in [-0.05, 0) is 153 Å². The van der Waals surface area contributed by atoms with Crippen molar-refractivity contribution >= 4 is 43.6 Å². The van der Waals surface area contributed by atoms with Crippen LogP contribution >= 0.6 is 0 Å². The zero-order valence-corrected chi connectivity index (χ0v) is 43.5. The summed E-state index contributed by atoms with van der Waals surface area (Å²) in [5, 5.41) is 4.84. The van der Waals surface area contributed by atoms with Gasteiger partial charge in [-0.3, -0.25) is 0 Å². The summed E-state index contributed by atoms with van der Waals surface area (Å²) in [6.07, 6.45) is 0. The first kappa shape index (κ1) is 46.5. The summed E-state index contributed by atoms with van der Waals surface area (Å²) in [4.78, 5) is 15.9. The van der Waals surface area contributed by atoms with Gasteiger partial charge in [-0.25, -0.2) is 15.0 Å². The molecule has 0 radical (unpaired) electrons. The molecule has 0 aliphatic heterocycles. The molecule has 0 fully saturated rings. The van der Waals surface area contributed by atoms with E-state index in [9.17, 15) is 0 Å². The van der Waals surface area contributed by atoms with Crippen molar-refractivity contribution in [3.8, 4) is 101 Å². The lowest BCUT2D eigenvalue weighted by Crippen LogP contribution is -2.00. The van der Waals surface area contributed by atoms with Crippen LogP contribution < -0.4 is 0 Å². The lowest BCUT2D eigenvalue weighted by molar-refractivity contribution is 1.07. The SMILES string of the molecule is c1ccc(-c2cccc(-c3nc(-c4cccc(-c5ccccc5)c4)nc(-c4cccc(-c5cc(-c6ccc7c(c6)c6ccccc6n7-c6ccccc6)cc(-c6ccc7c(c6)c6ccccc6n7-c6ccccc6)c5)c4)n3)c2)cc1. The van der Waals surface area contributed by atoms with Crippen molar-refractivity contribution in [3.05, 3.63) is 297 Å². The molecule has 15 aromatic rings. The highest BCUT2D eigenvalue weighted by molar-refractivity contribution is 6.12. The number of fused-ring (bicyclic) bond motifs is 6. The standard InChI is InChI=1S/C75H49N5/c1-5-20-50(21-6-1)52-24-17-27-57(42-52)73-76-74(58-28-18-25-53(43-58)51-22-7-2-8-23-51)78-75(77-73)59-29-19-26-54(44-59)60-45-61(55-38-40-71-67(48-55)65-34-13-15-36-69(65)79(71)63-30-9-3-10-31-63)47-62(46-60)56-39-41-72-68(49-56)66-35-14-16-37-70(66)80(72)64-32-11-4-12-33-64/h1-49H. The van der Waals surface area contributed by atoms with E-state index in [0.29, 0.717) is 17.5 Å². The summed E-state index contributed by atoms with van der Waals surface area (Å²) in [6.45, 7) is 0. The highest BCUT2D eigenvalue weighted by atomic mass is 15.0. The van der Waals surface area contributed by atoms with Crippen LogP contribution in [0.2, 0.25) is 0 Å². The van der Waals surface area contributed by atoms with E-state index in [-0.39, 0.29) is 0 Å². The second-order valence-electron chi connectivity index (χ2n) is 20.4. The van der Waals surface area contributed by atoms with E-state index in [4.69, 9.17) is 15.0 Å². The summed E-state index contributed by atoms with van der Waals surface area (Å²) < 4.78 is 4.75. The predicted molar refractivity (Wildman–Crippen MR) is 332 cm³/mol. The fourth-order valence-electron chi connectivity index (χ4n) is 11.7. The van der Waals surface area contributed by atoms with E-state index in [2.05, 4.69) is 294 Å². The third kappa shape index (κ3) is 8.42. The Labute approximate surface area is 463 Å². The van der Waals surface area contributed by atoms with Crippen molar-refractivity contribution in [1.82, 2.24) is 24.1 Å². The smallest absolute Gasteiger partial charge is 0.164 e. The van der Waals surface area contributed by atoms with Gasteiger partial charge < -0.3 is 9.13 Å². The van der Waals surface area contributed by atoms with Crippen molar-refractivity contribution in [2.75, 3.05) is 0 Å². The van der Waals surface area contributed by atoms with Gasteiger partial charge in [0.2, 0.25) is 0 Å². The number of para-hydroxylation sites is 4. The van der Waals surface area contributed by atoms with Gasteiger partial charge in [-0.2, -0.15) is 0 Å². The first-order valence-corrected chi connectivity index (χ1v) is 27.2. The number of rotatable bonds is 10. The predicted octanol–water partition coefficient (Wildman–Crippen LogP) is 19.4.